The number of nitrogens with zero attached hydrogens (tertiary/aromatic N) is 5. The maximum absolute atomic E-state index is 5.29. The highest BCUT2D eigenvalue weighted by molar-refractivity contribution is 6.10. The van der Waals surface area contributed by atoms with Gasteiger partial charge >= 0.3 is 0 Å². The van der Waals surface area contributed by atoms with Gasteiger partial charge in [0.15, 0.2) is 5.82 Å². The van der Waals surface area contributed by atoms with E-state index in [0.29, 0.717) is 5.82 Å². The van der Waals surface area contributed by atoms with Gasteiger partial charge in [-0.2, -0.15) is 0 Å². The Morgan fingerprint density at radius 2 is 0.788 bits per heavy atom. The summed E-state index contributed by atoms with van der Waals surface area (Å²) < 4.78 is 0. The molecule has 0 spiro atoms. The molecule has 5 nitrogen and oxygen atoms in total. The van der Waals surface area contributed by atoms with E-state index in [9.17, 15) is 0 Å². The van der Waals surface area contributed by atoms with Gasteiger partial charge in [0, 0.05) is 56.4 Å². The van der Waals surface area contributed by atoms with Gasteiger partial charge in [-0.1, -0.05) is 194 Å². The van der Waals surface area contributed by atoms with Crippen LogP contribution in [0.25, 0.3) is 122 Å². The molecule has 0 saturated carbocycles. The highest BCUT2D eigenvalue weighted by Gasteiger charge is 2.16. The third-order valence-electron chi connectivity index (χ3n) is 12.4. The first-order chi connectivity index (χ1) is 32.7. The molecule has 4 aromatic heterocycles. The second-order valence-electron chi connectivity index (χ2n) is 16.5. The quantitative estimate of drug-likeness (QED) is 0.143. The molecule has 12 rings (SSSR count). The minimum absolute atomic E-state index is 0.672. The van der Waals surface area contributed by atoms with Gasteiger partial charge in [-0.15, -0.1) is 0 Å². The fourth-order valence-electron chi connectivity index (χ4n) is 8.98. The van der Waals surface area contributed by atoms with Crippen LogP contribution in [0.1, 0.15) is 0 Å². The van der Waals surface area contributed by atoms with Crippen molar-refractivity contribution in [3.8, 4) is 89.8 Å². The van der Waals surface area contributed by atoms with Gasteiger partial charge in [-0.05, 0) is 69.1 Å². The Balaban J connectivity index is 0.900. The highest BCUT2D eigenvalue weighted by atomic mass is 14.9. The molecule has 66 heavy (non-hydrogen) atoms. The molecule has 0 unspecified atom stereocenters. The van der Waals surface area contributed by atoms with Crippen molar-refractivity contribution in [2.24, 2.45) is 0 Å². The lowest BCUT2D eigenvalue weighted by Gasteiger charge is -2.14. The highest BCUT2D eigenvalue weighted by Crippen LogP contribution is 2.38. The Morgan fingerprint density at radius 1 is 0.258 bits per heavy atom. The summed E-state index contributed by atoms with van der Waals surface area (Å²) in [6.45, 7) is 0. The van der Waals surface area contributed by atoms with Crippen LogP contribution in [0.5, 0.6) is 0 Å². The largest absolute Gasteiger partial charge is 0.264 e. The summed E-state index contributed by atoms with van der Waals surface area (Å²) >= 11 is 0. The molecule has 0 radical (unpaired) electrons. The molecule has 0 aliphatic rings. The third-order valence-corrected chi connectivity index (χ3v) is 12.4. The van der Waals surface area contributed by atoms with Crippen molar-refractivity contribution in [1.82, 2.24) is 24.9 Å². The van der Waals surface area contributed by atoms with Crippen molar-refractivity contribution in [2.45, 2.75) is 0 Å². The molecule has 0 aliphatic carbocycles. The van der Waals surface area contributed by atoms with E-state index in [4.69, 9.17) is 19.9 Å². The standard InChI is InChI=1S/C61H39N5/c1-4-12-44(13-5-1)55-33-31-48-30-32-52-53(37-56(45-14-6-2-7-15-45)64-60(52)59(48)63-55)43-26-22-40(23-27-43)41-24-28-47(29-25-41)58-38-57(46-16-8-3-9-17-46)65-61(66-58)50-20-10-19-49(36-50)51-21-11-18-42-34-35-62-39-54(42)51/h1-39H. The van der Waals surface area contributed by atoms with E-state index in [0.717, 1.165) is 117 Å². The van der Waals surface area contributed by atoms with Gasteiger partial charge in [0.2, 0.25) is 0 Å². The normalized spacial score (nSPS) is 11.3. The first kappa shape index (κ1) is 38.7. The summed E-state index contributed by atoms with van der Waals surface area (Å²) in [4.78, 5) is 25.3. The zero-order valence-electron chi connectivity index (χ0n) is 35.8. The number of rotatable bonds is 8. The Morgan fingerprint density at radius 3 is 1.47 bits per heavy atom. The van der Waals surface area contributed by atoms with Gasteiger partial charge in [0.1, 0.15) is 0 Å². The van der Waals surface area contributed by atoms with E-state index >= 15 is 0 Å². The summed E-state index contributed by atoms with van der Waals surface area (Å²) in [5, 5.41) is 4.39. The van der Waals surface area contributed by atoms with Gasteiger partial charge in [-0.3, -0.25) is 4.98 Å². The molecule has 0 saturated heterocycles. The van der Waals surface area contributed by atoms with Crippen LogP contribution in [0, 0.1) is 0 Å². The first-order valence-electron chi connectivity index (χ1n) is 22.1. The summed E-state index contributed by atoms with van der Waals surface area (Å²) in [7, 11) is 0. The predicted octanol–water partition coefficient (Wildman–Crippen LogP) is 15.5. The number of fused-ring (bicyclic) bond motifs is 4. The number of hydrogen-bond donors (Lipinski definition) is 0. The molecule has 12 aromatic rings. The van der Waals surface area contributed by atoms with Gasteiger partial charge < -0.3 is 0 Å². The molecule has 0 fully saturated rings. The molecule has 0 amide bonds. The lowest BCUT2D eigenvalue weighted by molar-refractivity contribution is 1.18. The SMILES string of the molecule is c1ccc(-c2cc(-c3ccc(-c4ccc(-c5cc(-c6ccccc6)nc6c5ccc5ccc(-c7ccccc7)nc56)cc4)cc3)nc(-c3cccc(-c4cccc5ccncc45)c3)n2)cc1. The van der Waals surface area contributed by atoms with E-state index in [-0.39, 0.29) is 0 Å². The van der Waals surface area contributed by atoms with Crippen LogP contribution in [-0.2, 0) is 0 Å². The van der Waals surface area contributed by atoms with Crippen molar-refractivity contribution >= 4 is 32.6 Å². The lowest BCUT2D eigenvalue weighted by Crippen LogP contribution is -1.96. The van der Waals surface area contributed by atoms with E-state index < -0.39 is 0 Å². The Bertz CT molecular complexity index is 3720. The van der Waals surface area contributed by atoms with E-state index in [1.54, 1.807) is 0 Å². The molecule has 4 heterocycles. The van der Waals surface area contributed by atoms with Crippen LogP contribution in [0.3, 0.4) is 0 Å². The molecule has 308 valence electrons. The average Bonchev–Trinajstić information content (AvgIpc) is 3.41. The number of hydrogen-bond acceptors (Lipinski definition) is 5. The Hall–Kier alpha value is -8.93. The zero-order valence-corrected chi connectivity index (χ0v) is 35.8. The molecular weight excluding hydrogens is 803 g/mol. The molecule has 0 aliphatic heterocycles. The predicted molar refractivity (Wildman–Crippen MR) is 271 cm³/mol. The summed E-state index contributed by atoms with van der Waals surface area (Å²) in [6, 6.07) is 78.4. The molecular formula is C61H39N5. The van der Waals surface area contributed by atoms with Gasteiger partial charge in [-0.25, -0.2) is 19.9 Å². The summed E-state index contributed by atoms with van der Waals surface area (Å²) in [6.07, 6.45) is 3.77. The summed E-state index contributed by atoms with van der Waals surface area (Å²) in [5.74, 6) is 0.672. The average molecular weight is 842 g/mol. The Labute approximate surface area is 382 Å². The van der Waals surface area contributed by atoms with E-state index in [1.807, 2.05) is 48.8 Å². The van der Waals surface area contributed by atoms with Crippen molar-refractivity contribution in [3.05, 3.63) is 237 Å². The van der Waals surface area contributed by atoms with Crippen LogP contribution < -0.4 is 0 Å². The molecule has 8 aromatic carbocycles. The van der Waals surface area contributed by atoms with Crippen molar-refractivity contribution in [2.75, 3.05) is 0 Å². The van der Waals surface area contributed by atoms with Crippen molar-refractivity contribution in [1.29, 1.82) is 0 Å². The fourth-order valence-corrected chi connectivity index (χ4v) is 8.98. The minimum Gasteiger partial charge on any atom is -0.264 e. The number of aromatic nitrogens is 5. The Kier molecular flexibility index (Phi) is 9.77. The van der Waals surface area contributed by atoms with Crippen LogP contribution in [0.15, 0.2) is 237 Å². The minimum atomic E-state index is 0.672. The van der Waals surface area contributed by atoms with E-state index in [2.05, 4.69) is 193 Å². The topological polar surface area (TPSA) is 64.5 Å². The monoisotopic (exact) mass is 841 g/mol. The van der Waals surface area contributed by atoms with Crippen LogP contribution in [0.2, 0.25) is 0 Å². The first-order valence-corrected chi connectivity index (χ1v) is 22.1. The molecule has 0 atom stereocenters. The fraction of sp³-hybridized carbons (Fsp3) is 0. The maximum atomic E-state index is 5.29. The summed E-state index contributed by atoms with van der Waals surface area (Å²) in [5.41, 5.74) is 17.2. The number of benzene rings is 8. The molecule has 0 N–H and O–H groups in total. The van der Waals surface area contributed by atoms with Crippen LogP contribution in [0.4, 0.5) is 0 Å². The second kappa shape index (κ2) is 16.6. The smallest absolute Gasteiger partial charge is 0.160 e. The van der Waals surface area contributed by atoms with E-state index in [1.165, 1.54) is 0 Å². The van der Waals surface area contributed by atoms with Crippen molar-refractivity contribution in [3.63, 3.8) is 0 Å². The molecule has 5 heteroatoms. The van der Waals surface area contributed by atoms with Crippen LogP contribution in [-0.4, -0.2) is 24.9 Å². The third kappa shape index (κ3) is 7.34. The molecule has 0 bridgehead atoms. The lowest BCUT2D eigenvalue weighted by atomic mass is 9.95. The van der Waals surface area contributed by atoms with Crippen LogP contribution >= 0.6 is 0 Å². The second-order valence-corrected chi connectivity index (χ2v) is 16.5. The van der Waals surface area contributed by atoms with Crippen molar-refractivity contribution < 1.29 is 0 Å². The van der Waals surface area contributed by atoms with Gasteiger partial charge in [0.25, 0.3) is 0 Å². The zero-order chi connectivity index (χ0) is 43.8. The van der Waals surface area contributed by atoms with Gasteiger partial charge in [0.05, 0.1) is 33.8 Å². The maximum Gasteiger partial charge on any atom is 0.160 e. The number of pyridine rings is 3.